The maximum atomic E-state index is 12.8. The molecule has 32 heavy (non-hydrogen) atoms. The third-order valence-electron chi connectivity index (χ3n) is 4.80. The van der Waals surface area contributed by atoms with Crippen LogP contribution in [-0.4, -0.2) is 11.9 Å². The van der Waals surface area contributed by atoms with Crippen LogP contribution in [0.5, 0.6) is 5.75 Å². The molecule has 1 fully saturated rings. The zero-order valence-corrected chi connectivity index (χ0v) is 20.8. The van der Waals surface area contributed by atoms with Crippen LogP contribution in [0.2, 0.25) is 5.02 Å². The molecule has 1 N–H and O–H groups in total. The number of rotatable bonds is 5. The minimum atomic E-state index is -0.514. The molecule has 3 aromatic rings. The molecule has 4 rings (SSSR count). The van der Waals surface area contributed by atoms with E-state index in [1.165, 1.54) is 5.56 Å². The van der Waals surface area contributed by atoms with E-state index in [4.69, 9.17) is 16.3 Å². The van der Waals surface area contributed by atoms with Crippen LogP contribution in [0.1, 0.15) is 16.7 Å². The number of amides is 3. The van der Waals surface area contributed by atoms with Gasteiger partial charge in [-0.05, 0) is 92.4 Å². The van der Waals surface area contributed by atoms with Gasteiger partial charge in [-0.2, -0.15) is 0 Å². The molecule has 0 radical (unpaired) electrons. The number of ether oxygens (including phenoxy) is 1. The van der Waals surface area contributed by atoms with Crippen LogP contribution in [0.4, 0.5) is 10.5 Å². The fourth-order valence-electron chi connectivity index (χ4n) is 3.17. The number of nitrogens with one attached hydrogen (secondary N) is 1. The summed E-state index contributed by atoms with van der Waals surface area (Å²) in [6.45, 7) is 2.46. The number of benzene rings is 3. The van der Waals surface area contributed by atoms with Gasteiger partial charge in [-0.1, -0.05) is 41.4 Å². The summed E-state index contributed by atoms with van der Waals surface area (Å²) in [5.41, 5.74) is 3.59. The summed E-state index contributed by atoms with van der Waals surface area (Å²) < 4.78 is 7.41. The van der Waals surface area contributed by atoms with Gasteiger partial charge in [0.25, 0.3) is 5.91 Å². The second-order valence-corrected chi connectivity index (χ2v) is 9.34. The lowest BCUT2D eigenvalue weighted by Gasteiger charge is -2.12. The molecular weight excluding hydrogens is 560 g/mol. The summed E-state index contributed by atoms with van der Waals surface area (Å²) in [6.07, 6.45) is 1.62. The van der Waals surface area contributed by atoms with Crippen molar-refractivity contribution in [2.24, 2.45) is 0 Å². The fourth-order valence-corrected chi connectivity index (χ4v) is 4.74. The van der Waals surface area contributed by atoms with Gasteiger partial charge in [-0.3, -0.25) is 4.79 Å². The highest BCUT2D eigenvalue weighted by atomic mass is 79.9. The molecule has 0 aromatic heterocycles. The Balaban J connectivity index is 1.54. The van der Waals surface area contributed by atoms with E-state index in [1.54, 1.807) is 30.3 Å². The van der Waals surface area contributed by atoms with Crippen LogP contribution in [0.3, 0.4) is 0 Å². The number of carbonyl (C=O) groups excluding carboxylic acids is 2. The van der Waals surface area contributed by atoms with Gasteiger partial charge in [0.2, 0.25) is 0 Å². The van der Waals surface area contributed by atoms with E-state index in [2.05, 4.69) is 37.2 Å². The number of anilines is 1. The summed E-state index contributed by atoms with van der Waals surface area (Å²) in [4.78, 5) is 26.3. The largest absolute Gasteiger partial charge is 0.487 e. The Hall–Kier alpha value is -2.61. The van der Waals surface area contributed by atoms with Gasteiger partial charge in [-0.15, -0.1) is 0 Å². The lowest BCUT2D eigenvalue weighted by Crippen LogP contribution is -2.30. The van der Waals surface area contributed by atoms with E-state index in [-0.39, 0.29) is 5.70 Å². The van der Waals surface area contributed by atoms with Crippen LogP contribution in [0.15, 0.2) is 75.3 Å². The predicted octanol–water partition coefficient (Wildman–Crippen LogP) is 6.85. The molecular formula is C24H17Br2ClN2O3. The van der Waals surface area contributed by atoms with E-state index in [0.717, 1.165) is 19.4 Å². The van der Waals surface area contributed by atoms with Gasteiger partial charge >= 0.3 is 6.03 Å². The summed E-state index contributed by atoms with van der Waals surface area (Å²) in [6, 6.07) is 17.8. The molecule has 0 atom stereocenters. The molecule has 1 heterocycles. The molecule has 0 bridgehead atoms. The minimum absolute atomic E-state index is 0.178. The number of urea groups is 1. The van der Waals surface area contributed by atoms with Crippen LogP contribution in [-0.2, 0) is 11.4 Å². The number of hydrogen-bond acceptors (Lipinski definition) is 3. The summed E-state index contributed by atoms with van der Waals surface area (Å²) in [5, 5.41) is 3.15. The molecule has 1 aliphatic heterocycles. The second-order valence-electron chi connectivity index (χ2n) is 7.19. The van der Waals surface area contributed by atoms with E-state index in [0.29, 0.717) is 28.6 Å². The zero-order chi connectivity index (χ0) is 22.8. The van der Waals surface area contributed by atoms with Gasteiger partial charge in [0.1, 0.15) is 18.1 Å². The van der Waals surface area contributed by atoms with Crippen molar-refractivity contribution < 1.29 is 14.3 Å². The maximum Gasteiger partial charge on any atom is 0.333 e. The first kappa shape index (κ1) is 22.6. The SMILES string of the molecule is Cc1ccc(COc2c(Br)cc(/C=C3/NC(=O)N(c4ccc(Cl)cc4)C3=O)cc2Br)cc1. The van der Waals surface area contributed by atoms with Gasteiger partial charge in [0.05, 0.1) is 14.6 Å². The Bertz CT molecular complexity index is 1200. The van der Waals surface area contributed by atoms with Crippen LogP contribution in [0.25, 0.3) is 6.08 Å². The van der Waals surface area contributed by atoms with Gasteiger partial charge in [-0.25, -0.2) is 9.69 Å². The van der Waals surface area contributed by atoms with Crippen molar-refractivity contribution in [1.29, 1.82) is 0 Å². The third-order valence-corrected chi connectivity index (χ3v) is 6.23. The predicted molar refractivity (Wildman–Crippen MR) is 133 cm³/mol. The first-order valence-electron chi connectivity index (χ1n) is 9.62. The van der Waals surface area contributed by atoms with Crippen LogP contribution >= 0.6 is 43.5 Å². The van der Waals surface area contributed by atoms with E-state index in [1.807, 2.05) is 43.3 Å². The van der Waals surface area contributed by atoms with Gasteiger partial charge in [0.15, 0.2) is 0 Å². The lowest BCUT2D eigenvalue weighted by molar-refractivity contribution is -0.113. The number of nitrogens with zero attached hydrogens (tertiary/aromatic N) is 1. The van der Waals surface area contributed by atoms with Gasteiger partial charge in [0, 0.05) is 5.02 Å². The highest BCUT2D eigenvalue weighted by Crippen LogP contribution is 2.36. The summed E-state index contributed by atoms with van der Waals surface area (Å²) in [5.74, 6) is 0.210. The molecule has 162 valence electrons. The fraction of sp³-hybridized carbons (Fsp3) is 0.0833. The van der Waals surface area contributed by atoms with Crippen molar-refractivity contribution in [2.75, 3.05) is 4.90 Å². The molecule has 8 heteroatoms. The average molecular weight is 577 g/mol. The summed E-state index contributed by atoms with van der Waals surface area (Å²) in [7, 11) is 0. The lowest BCUT2D eigenvalue weighted by atomic mass is 10.1. The quantitative estimate of drug-likeness (QED) is 0.267. The van der Waals surface area contributed by atoms with Crippen molar-refractivity contribution in [1.82, 2.24) is 5.32 Å². The van der Waals surface area contributed by atoms with E-state index < -0.39 is 11.9 Å². The monoisotopic (exact) mass is 574 g/mol. The third kappa shape index (κ3) is 4.90. The van der Waals surface area contributed by atoms with Crippen molar-refractivity contribution in [3.05, 3.63) is 97.0 Å². The van der Waals surface area contributed by atoms with Crippen molar-refractivity contribution >= 4 is 67.2 Å². The zero-order valence-electron chi connectivity index (χ0n) is 16.9. The standard InChI is InChI=1S/C24H17Br2ClN2O3/c1-14-2-4-15(5-3-14)13-32-22-19(25)10-16(11-20(22)26)12-21-23(30)29(24(31)28-21)18-8-6-17(27)7-9-18/h2-12H,13H2,1H3,(H,28,31)/b21-12+. The maximum absolute atomic E-state index is 12.8. The van der Waals surface area contributed by atoms with E-state index >= 15 is 0 Å². The molecule has 0 spiro atoms. The van der Waals surface area contributed by atoms with Gasteiger partial charge < -0.3 is 10.1 Å². The number of carbonyl (C=O) groups is 2. The minimum Gasteiger partial charge on any atom is -0.487 e. The Morgan fingerprint density at radius 3 is 2.25 bits per heavy atom. The number of imide groups is 1. The Kier molecular flexibility index (Phi) is 6.69. The number of aryl methyl sites for hydroxylation is 1. The molecule has 0 unspecified atom stereocenters. The molecule has 3 aromatic carbocycles. The van der Waals surface area contributed by atoms with Crippen molar-refractivity contribution in [2.45, 2.75) is 13.5 Å². The number of halogens is 3. The molecule has 5 nitrogen and oxygen atoms in total. The Morgan fingerprint density at radius 1 is 1.00 bits per heavy atom. The molecule has 1 aliphatic rings. The van der Waals surface area contributed by atoms with E-state index in [9.17, 15) is 9.59 Å². The topological polar surface area (TPSA) is 58.6 Å². The van der Waals surface area contributed by atoms with Crippen LogP contribution in [0, 0.1) is 6.92 Å². The smallest absolute Gasteiger partial charge is 0.333 e. The second kappa shape index (κ2) is 9.48. The molecule has 0 saturated carbocycles. The normalized spacial score (nSPS) is 14.8. The molecule has 0 aliphatic carbocycles. The number of hydrogen-bond donors (Lipinski definition) is 1. The molecule has 3 amide bonds. The average Bonchev–Trinajstić information content (AvgIpc) is 3.02. The summed E-state index contributed by atoms with van der Waals surface area (Å²) >= 11 is 13.0. The highest BCUT2D eigenvalue weighted by Gasteiger charge is 2.34. The molecule has 1 saturated heterocycles. The Labute approximate surface area is 207 Å². The highest BCUT2D eigenvalue weighted by molar-refractivity contribution is 9.11. The Morgan fingerprint density at radius 2 is 1.62 bits per heavy atom. The first-order chi connectivity index (χ1) is 15.3. The van der Waals surface area contributed by atoms with Crippen molar-refractivity contribution in [3.8, 4) is 5.75 Å². The van der Waals surface area contributed by atoms with Crippen LogP contribution < -0.4 is 15.0 Å². The van der Waals surface area contributed by atoms with Crippen molar-refractivity contribution in [3.63, 3.8) is 0 Å². The first-order valence-corrected chi connectivity index (χ1v) is 11.6.